The highest BCUT2D eigenvalue weighted by atomic mass is 32.2. The van der Waals surface area contributed by atoms with Crippen LogP contribution >= 0.6 is 23.1 Å². The fourth-order valence-corrected chi connectivity index (χ4v) is 3.14. The van der Waals surface area contributed by atoms with E-state index < -0.39 is 4.92 Å². The van der Waals surface area contributed by atoms with Crippen molar-refractivity contribution in [1.29, 1.82) is 0 Å². The van der Waals surface area contributed by atoms with Crippen molar-refractivity contribution in [2.45, 2.75) is 17.9 Å². The Morgan fingerprint density at radius 2 is 2.19 bits per heavy atom. The van der Waals surface area contributed by atoms with Gasteiger partial charge in [0, 0.05) is 16.5 Å². The summed E-state index contributed by atoms with van der Waals surface area (Å²) in [4.78, 5) is 24.3. The van der Waals surface area contributed by atoms with Crippen LogP contribution in [0.5, 0.6) is 0 Å². The standard InChI is InChI=1S/C14H14N2O3S2/c1-9(12-4-3-7-21-12)15-14(17)10-5-6-13(20-2)11(8-10)16(18)19/h3-9H,1-2H3,(H,15,17). The van der Waals surface area contributed by atoms with Crippen LogP contribution in [-0.4, -0.2) is 17.1 Å². The first-order valence-electron chi connectivity index (χ1n) is 6.19. The SMILES string of the molecule is CSc1ccc(C(=O)NC(C)c2cccs2)cc1[N+](=O)[O-]. The molecule has 1 aromatic heterocycles. The number of nitro benzene ring substituents is 1. The average Bonchev–Trinajstić information content (AvgIpc) is 3.00. The number of hydrogen-bond acceptors (Lipinski definition) is 5. The van der Waals surface area contributed by atoms with Gasteiger partial charge in [0.2, 0.25) is 0 Å². The predicted octanol–water partition coefficient (Wildman–Crippen LogP) is 3.87. The maximum atomic E-state index is 12.2. The van der Waals surface area contributed by atoms with Crippen LogP contribution in [0.2, 0.25) is 0 Å². The molecule has 1 heterocycles. The molecule has 0 fully saturated rings. The van der Waals surface area contributed by atoms with Crippen LogP contribution in [0.15, 0.2) is 40.6 Å². The molecule has 0 spiro atoms. The number of carbonyl (C=O) groups is 1. The Kier molecular flexibility index (Phi) is 4.98. The van der Waals surface area contributed by atoms with Gasteiger partial charge in [0.15, 0.2) is 0 Å². The first-order valence-corrected chi connectivity index (χ1v) is 8.30. The minimum Gasteiger partial charge on any atom is -0.345 e. The van der Waals surface area contributed by atoms with Gasteiger partial charge in [0.1, 0.15) is 0 Å². The number of carbonyl (C=O) groups excluding carboxylic acids is 1. The van der Waals surface area contributed by atoms with Gasteiger partial charge < -0.3 is 5.32 Å². The number of nitro groups is 1. The molecule has 0 saturated carbocycles. The Bertz CT molecular complexity index is 656. The molecular weight excluding hydrogens is 308 g/mol. The maximum Gasteiger partial charge on any atom is 0.283 e. The smallest absolute Gasteiger partial charge is 0.283 e. The lowest BCUT2D eigenvalue weighted by Gasteiger charge is -2.12. The number of thiophene rings is 1. The van der Waals surface area contributed by atoms with E-state index in [1.54, 1.807) is 29.7 Å². The van der Waals surface area contributed by atoms with E-state index >= 15 is 0 Å². The van der Waals surface area contributed by atoms with Crippen LogP contribution in [0.1, 0.15) is 28.2 Å². The van der Waals surface area contributed by atoms with Gasteiger partial charge in [-0.3, -0.25) is 14.9 Å². The molecule has 0 bridgehead atoms. The van der Waals surface area contributed by atoms with Crippen molar-refractivity contribution in [3.63, 3.8) is 0 Å². The van der Waals surface area contributed by atoms with Crippen molar-refractivity contribution in [1.82, 2.24) is 5.32 Å². The number of thioether (sulfide) groups is 1. The van der Waals surface area contributed by atoms with Crippen molar-refractivity contribution in [2.75, 3.05) is 6.26 Å². The molecule has 1 atom stereocenters. The van der Waals surface area contributed by atoms with E-state index in [2.05, 4.69) is 5.32 Å². The third kappa shape index (κ3) is 3.62. The molecule has 5 nitrogen and oxygen atoms in total. The molecule has 0 aliphatic heterocycles. The zero-order chi connectivity index (χ0) is 15.4. The molecule has 1 aromatic carbocycles. The van der Waals surface area contributed by atoms with Crippen LogP contribution in [0.4, 0.5) is 5.69 Å². The molecule has 2 rings (SSSR count). The second-order valence-corrected chi connectivity index (χ2v) is 6.18. The van der Waals surface area contributed by atoms with Crippen LogP contribution in [-0.2, 0) is 0 Å². The molecule has 1 N–H and O–H groups in total. The van der Waals surface area contributed by atoms with Crippen LogP contribution < -0.4 is 5.32 Å². The Morgan fingerprint density at radius 1 is 1.43 bits per heavy atom. The Balaban J connectivity index is 2.19. The van der Waals surface area contributed by atoms with Gasteiger partial charge in [0.05, 0.1) is 15.9 Å². The second-order valence-electron chi connectivity index (χ2n) is 4.35. The number of hydrogen-bond donors (Lipinski definition) is 1. The summed E-state index contributed by atoms with van der Waals surface area (Å²) in [5, 5.41) is 15.8. The van der Waals surface area contributed by atoms with E-state index in [-0.39, 0.29) is 17.6 Å². The summed E-state index contributed by atoms with van der Waals surface area (Å²) in [5.41, 5.74) is 0.252. The Labute approximate surface area is 130 Å². The summed E-state index contributed by atoms with van der Waals surface area (Å²) in [6, 6.07) is 8.26. The molecule has 110 valence electrons. The van der Waals surface area contributed by atoms with Crippen LogP contribution in [0, 0.1) is 10.1 Å². The molecule has 7 heteroatoms. The van der Waals surface area contributed by atoms with Crippen molar-refractivity contribution < 1.29 is 9.72 Å². The third-order valence-electron chi connectivity index (χ3n) is 2.96. The monoisotopic (exact) mass is 322 g/mol. The molecule has 21 heavy (non-hydrogen) atoms. The fraction of sp³-hybridized carbons (Fsp3) is 0.214. The first-order chi connectivity index (χ1) is 10.0. The summed E-state index contributed by atoms with van der Waals surface area (Å²) >= 11 is 2.84. The number of benzene rings is 1. The van der Waals surface area contributed by atoms with Crippen molar-refractivity contribution in [3.05, 3.63) is 56.3 Å². The van der Waals surface area contributed by atoms with Gasteiger partial charge in [-0.25, -0.2) is 0 Å². The topological polar surface area (TPSA) is 72.2 Å². The van der Waals surface area contributed by atoms with Crippen molar-refractivity contribution in [2.24, 2.45) is 0 Å². The molecule has 1 unspecified atom stereocenters. The Hall–Kier alpha value is -1.86. The van der Waals surface area contributed by atoms with Crippen molar-refractivity contribution >= 4 is 34.7 Å². The van der Waals surface area contributed by atoms with Gasteiger partial charge in [-0.15, -0.1) is 23.1 Å². The molecule has 0 aliphatic rings. The fourth-order valence-electron chi connectivity index (χ4n) is 1.86. The summed E-state index contributed by atoms with van der Waals surface area (Å²) in [7, 11) is 0. The molecule has 0 aliphatic carbocycles. The van der Waals surface area contributed by atoms with E-state index in [1.165, 1.54) is 17.8 Å². The number of rotatable bonds is 5. The largest absolute Gasteiger partial charge is 0.345 e. The van der Waals surface area contributed by atoms with Crippen LogP contribution in [0.3, 0.4) is 0 Å². The summed E-state index contributed by atoms with van der Waals surface area (Å²) in [6.45, 7) is 1.88. The van der Waals surface area contributed by atoms with E-state index in [0.717, 1.165) is 4.88 Å². The van der Waals surface area contributed by atoms with Gasteiger partial charge >= 0.3 is 0 Å². The average molecular weight is 322 g/mol. The molecular formula is C14H14N2O3S2. The minimum atomic E-state index is -0.467. The summed E-state index contributed by atoms with van der Waals surface area (Å²) in [5.74, 6) is -0.313. The molecule has 0 saturated heterocycles. The lowest BCUT2D eigenvalue weighted by atomic mass is 10.1. The number of amides is 1. The highest BCUT2D eigenvalue weighted by Crippen LogP contribution is 2.28. The third-order valence-corrected chi connectivity index (χ3v) is 4.80. The second kappa shape index (κ2) is 6.73. The van der Waals surface area contributed by atoms with Gasteiger partial charge in [-0.1, -0.05) is 6.07 Å². The quantitative estimate of drug-likeness (QED) is 0.515. The Morgan fingerprint density at radius 3 is 2.76 bits per heavy atom. The minimum absolute atomic E-state index is 0.0427. The van der Waals surface area contributed by atoms with E-state index in [0.29, 0.717) is 10.5 Å². The van der Waals surface area contributed by atoms with E-state index in [1.807, 2.05) is 24.4 Å². The lowest BCUT2D eigenvalue weighted by Crippen LogP contribution is -2.26. The summed E-state index contributed by atoms with van der Waals surface area (Å²) < 4.78 is 0. The molecule has 2 aromatic rings. The normalized spacial score (nSPS) is 11.9. The zero-order valence-corrected chi connectivity index (χ0v) is 13.2. The lowest BCUT2D eigenvalue weighted by molar-refractivity contribution is -0.387. The molecule has 1 amide bonds. The van der Waals surface area contributed by atoms with Crippen molar-refractivity contribution in [3.8, 4) is 0 Å². The van der Waals surface area contributed by atoms with E-state index in [4.69, 9.17) is 0 Å². The highest BCUT2D eigenvalue weighted by molar-refractivity contribution is 7.98. The van der Waals surface area contributed by atoms with E-state index in [9.17, 15) is 14.9 Å². The van der Waals surface area contributed by atoms with Gasteiger partial charge in [-0.2, -0.15) is 0 Å². The zero-order valence-electron chi connectivity index (χ0n) is 11.5. The molecule has 0 radical (unpaired) electrons. The number of nitrogens with zero attached hydrogens (tertiary/aromatic N) is 1. The summed E-state index contributed by atoms with van der Waals surface area (Å²) in [6.07, 6.45) is 1.76. The maximum absolute atomic E-state index is 12.2. The predicted molar refractivity (Wildman–Crippen MR) is 85.1 cm³/mol. The highest BCUT2D eigenvalue weighted by Gasteiger charge is 2.18. The first kappa shape index (κ1) is 15.5. The van der Waals surface area contributed by atoms with Crippen LogP contribution in [0.25, 0.3) is 0 Å². The van der Waals surface area contributed by atoms with Gasteiger partial charge in [-0.05, 0) is 36.8 Å². The van der Waals surface area contributed by atoms with Gasteiger partial charge in [0.25, 0.3) is 11.6 Å². The number of nitrogens with one attached hydrogen (secondary N) is 1.